The van der Waals surface area contributed by atoms with Gasteiger partial charge in [-0.3, -0.25) is 34.0 Å². The number of esters is 2. The molecule has 45 nitrogen and oxygen atoms in total. The van der Waals surface area contributed by atoms with Crippen molar-refractivity contribution in [3.8, 4) is 81.8 Å². The van der Waals surface area contributed by atoms with Crippen LogP contribution in [-0.4, -0.2) is 246 Å². The highest BCUT2D eigenvalue weighted by atomic mass is 31.2. The predicted molar refractivity (Wildman–Crippen MR) is 502 cm³/mol. The van der Waals surface area contributed by atoms with Crippen LogP contribution in [0, 0.1) is 74.9 Å². The second-order valence-electron chi connectivity index (χ2n) is 38.4. The van der Waals surface area contributed by atoms with Crippen molar-refractivity contribution >= 4 is 33.5 Å². The number of aromatic nitrogens is 6. The fraction of sp³-hybridized carbons (Fsp3) is 0.520. The number of likely N-dealkylation sites (N-methyl/N-ethyl adjacent to an activating group) is 1. The highest BCUT2D eigenvalue weighted by Gasteiger charge is 2.59. The Morgan fingerprint density at radius 2 is 0.890 bits per heavy atom. The molecule has 20 atom stereocenters. The Kier molecular flexibility index (Phi) is 32.0. The maximum absolute atomic E-state index is 13.5. The molecule has 0 radical (unpaired) electrons. The number of nitrogens with zero attached hydrogens (tertiary/aromatic N) is 10. The van der Waals surface area contributed by atoms with Gasteiger partial charge < -0.3 is 126 Å². The van der Waals surface area contributed by atoms with Gasteiger partial charge in [-0.15, -0.1) is 5.10 Å². The third-order valence-corrected chi connectivity index (χ3v) is 27.9. The molecule has 10 heterocycles. The summed E-state index contributed by atoms with van der Waals surface area (Å²) in [6.07, 6.45) is -8.30. The number of phosphoric acid groups is 2. The van der Waals surface area contributed by atoms with E-state index in [1.165, 1.54) is 53.9 Å². The fourth-order valence-corrected chi connectivity index (χ4v) is 20.0. The fourth-order valence-electron chi connectivity index (χ4n) is 19.1. The first-order valence-corrected chi connectivity index (χ1v) is 49.5. The van der Waals surface area contributed by atoms with E-state index in [4.69, 9.17) is 94.3 Å². The zero-order valence-electron chi connectivity index (χ0n) is 82.6. The van der Waals surface area contributed by atoms with Crippen LogP contribution in [0.2, 0.25) is 0 Å². The van der Waals surface area contributed by atoms with Crippen LogP contribution >= 0.6 is 15.6 Å². The van der Waals surface area contributed by atoms with Crippen LogP contribution in [-0.2, 0) is 107 Å². The van der Waals surface area contributed by atoms with Gasteiger partial charge in [0, 0.05) is 43.2 Å². The Morgan fingerprint density at radius 3 is 1.30 bits per heavy atom. The van der Waals surface area contributed by atoms with Crippen LogP contribution in [0.25, 0.3) is 0 Å². The van der Waals surface area contributed by atoms with E-state index in [0.717, 1.165) is 39.2 Å². The van der Waals surface area contributed by atoms with Crippen molar-refractivity contribution in [3.05, 3.63) is 176 Å². The molecule has 8 aliphatic heterocycles. The molecule has 10 aliphatic rings. The lowest BCUT2D eigenvalue weighted by Crippen LogP contribution is -2.64. The van der Waals surface area contributed by atoms with E-state index >= 15 is 0 Å². The Morgan fingerprint density at radius 1 is 0.490 bits per heavy atom. The molecule has 0 saturated carbocycles. The number of carbonyl (C=O) groups excluding carboxylic acids is 3. The summed E-state index contributed by atoms with van der Waals surface area (Å²) in [5.74, 6) is -4.04. The number of fused-ring (bicyclic) bond motifs is 8. The molecular weight excluding hydrogens is 1930 g/mol. The monoisotopic (exact) mass is 2050 g/mol. The molecule has 6 aromatic carbocycles. The number of phosphoric ester groups is 2. The Hall–Kier alpha value is -12.2. The van der Waals surface area contributed by atoms with Gasteiger partial charge in [-0.25, -0.2) is 28.5 Å². The first-order valence-electron chi connectivity index (χ1n) is 46.5. The molecule has 8 aromatic rings. The minimum atomic E-state index is -5.01. The van der Waals surface area contributed by atoms with Gasteiger partial charge in [-0.2, -0.15) is 26.1 Å². The van der Waals surface area contributed by atoms with Gasteiger partial charge in [0.15, 0.2) is 77.0 Å². The van der Waals surface area contributed by atoms with E-state index in [1.54, 1.807) is 60.0 Å². The number of benzene rings is 6. The first-order chi connectivity index (χ1) is 68.8. The van der Waals surface area contributed by atoms with Gasteiger partial charge >= 0.3 is 27.6 Å². The number of hydrogen-bond donors (Lipinski definition) is 10. The van der Waals surface area contributed by atoms with Crippen molar-refractivity contribution in [2.45, 2.75) is 202 Å². The molecule has 145 heavy (non-hydrogen) atoms. The van der Waals surface area contributed by atoms with Crippen LogP contribution in [0.5, 0.6) is 57.5 Å². The molecule has 14 unspecified atom stereocenters. The molecule has 2 aromatic heterocycles. The number of hydrogen-bond acceptors (Lipinski definition) is 38. The van der Waals surface area contributed by atoms with Gasteiger partial charge in [0.1, 0.15) is 49.3 Å². The van der Waals surface area contributed by atoms with Crippen LogP contribution < -0.4 is 62.9 Å². The minimum absolute atomic E-state index is 0.00975. The third kappa shape index (κ3) is 22.8. The highest BCUT2D eigenvalue weighted by Crippen LogP contribution is 2.61. The Balaban J connectivity index is 0.000000152. The molecule has 47 heteroatoms. The summed E-state index contributed by atoms with van der Waals surface area (Å²) < 4.78 is 141. The zero-order valence-corrected chi connectivity index (χ0v) is 84.3. The van der Waals surface area contributed by atoms with Gasteiger partial charge in [-0.05, 0) is 192 Å². The first kappa shape index (κ1) is 107. The van der Waals surface area contributed by atoms with Crippen molar-refractivity contribution in [1.29, 1.82) is 21.0 Å². The lowest BCUT2D eigenvalue weighted by molar-refractivity contribution is -0.366. The smallest absolute Gasteiger partial charge is 0.493 e. The van der Waals surface area contributed by atoms with Crippen LogP contribution in [0.1, 0.15) is 176 Å². The van der Waals surface area contributed by atoms with Crippen LogP contribution in [0.3, 0.4) is 0 Å². The normalized spacial score (nSPS) is 26.2. The number of rotatable bonds is 27. The number of nitrogens with one attached hydrogen (secondary N) is 3. The van der Waals surface area contributed by atoms with Gasteiger partial charge in [-0.1, -0.05) is 43.3 Å². The van der Waals surface area contributed by atoms with Gasteiger partial charge in [0.2, 0.25) is 30.9 Å². The summed E-state index contributed by atoms with van der Waals surface area (Å²) in [5, 5.41) is 88.5. The summed E-state index contributed by atoms with van der Waals surface area (Å²) in [7, 11) is 0.358. The van der Waals surface area contributed by atoms with Crippen molar-refractivity contribution in [2.75, 3.05) is 96.1 Å². The largest absolute Gasteiger partial charge is 0.525 e. The second-order valence-corrected chi connectivity index (χ2v) is 40.7. The molecule has 6 fully saturated rings. The highest BCUT2D eigenvalue weighted by molar-refractivity contribution is 7.47. The number of amides is 1. The molecule has 18 rings (SSSR count). The number of aliphatic hydroxyl groups is 3. The van der Waals surface area contributed by atoms with E-state index in [2.05, 4.69) is 60.4 Å². The van der Waals surface area contributed by atoms with E-state index < -0.39 is 171 Å². The number of cyclic esters (lactones) is 2. The maximum Gasteiger partial charge on any atom is 0.525 e. The SMILES string of the molecule is CNC(=O)c1ncn(Cc2cc(C(C)(C)C#N)cc(C(C)(C)C#N)c2)n1.CNCC1OCC2OC(O[C@@H]3c4cc5c(cc4C(c4cc(OC)c(OP(=O)(O)O)c(OC)c4)[C@H]4C(=O)OC[C@H]34)OCO5)C(O)C(O)C2O1.CNCc1ncn(Cc2cc(C(C)(C)C#N)cc(C(C)(C)C#N)c2)n1.COc1cc(C2c3cc4c(cc3[C@@H](OC3OC5COC(C)OC5C(O)C3C)[C@H]3COC(=O)[C@H]23)OCO4)cc(OC)c1OP(=O)(O)O. The lowest BCUT2D eigenvalue weighted by atomic mass is 9.66. The summed E-state index contributed by atoms with van der Waals surface area (Å²) in [6, 6.07) is 34.2. The van der Waals surface area contributed by atoms with Gasteiger partial charge in [0.05, 0.1) is 151 Å². The van der Waals surface area contributed by atoms with Crippen LogP contribution in [0.4, 0.5) is 0 Å². The average Bonchev–Trinajstić information content (AvgIpc) is 1.66. The Labute approximate surface area is 834 Å². The number of nitriles is 4. The quantitative estimate of drug-likeness (QED) is 0.0175. The summed E-state index contributed by atoms with van der Waals surface area (Å²) in [6.45, 7) is 20.7. The van der Waals surface area contributed by atoms with Crippen molar-refractivity contribution in [2.24, 2.45) is 29.6 Å². The van der Waals surface area contributed by atoms with Crippen molar-refractivity contribution < 1.29 is 153 Å². The molecule has 10 N–H and O–H groups in total. The summed E-state index contributed by atoms with van der Waals surface area (Å²) >= 11 is 0. The van der Waals surface area contributed by atoms with Gasteiger partial charge in [0.25, 0.3) is 5.91 Å². The number of ether oxygens (including phenoxy) is 18. The third-order valence-electron chi connectivity index (χ3n) is 27.1. The summed E-state index contributed by atoms with van der Waals surface area (Å²) in [4.78, 5) is 85.0. The minimum Gasteiger partial charge on any atom is -0.493 e. The standard InChI is InChI=1S/C30H36NO16P.C30H35O15P.C19H22N6O.C19H24N6/c1-31-8-21-40-10-20-28(45-21)24(32)25(33)30(44-20)46-26-14-7-17-16(42-11-43-17)6-13(14)22(23-15(26)9-41-29(23)34)12-4-18(38-2)27(19(5-12)39-3)47-48(35,36)37;1-12-25(31)28-22(10-38-13(2)42-28)43-30(12)44-26-16-8-19-18(40-11-41-19)7-15(16)23(24-17(26)9-39-29(24)32)14-5-20(36-3)27(21(6-14)37-4)45-46(33,34)35;1-18(2,10-20)14-6-13(7-15(8-14)19(3,4)11-21)9-25-12-23-16(24-25)17(26)22-5;1-18(2,11-20)15-6-14(7-16(8-15)19(3,4)12-21)10-25-13-23-17(24-25)9-22-5/h4-7,15,20-26,28,30-33H,8-11H2,1-3H3,(H2,35,36,37);5-8,12-13,17,22-26,28,30-31H,9-11H2,1-4H3,(H2,33,34,35);6-8,12H,9H2,1-5H3,(H,22,26);6-8,13,22H,9-10H2,1-5H3/t15-,20?,21?,22?,23-,24?,25?,26+,28?,30?;12?,13?,17-,22?,23?,24-,25?,26+,28?,30?;;/m00../s1. The maximum atomic E-state index is 13.5. The average molecular weight is 2050 g/mol. The van der Waals surface area contributed by atoms with E-state index in [0.29, 0.717) is 82.6 Å². The molecular formula is C98H117N13O32P2. The van der Waals surface area contributed by atoms with Crippen molar-refractivity contribution in [3.63, 3.8) is 0 Å². The second kappa shape index (κ2) is 43.4. The van der Waals surface area contributed by atoms with E-state index in [-0.39, 0.29) is 86.2 Å². The lowest BCUT2D eigenvalue weighted by Gasteiger charge is -2.48. The van der Waals surface area contributed by atoms with E-state index in [1.807, 2.05) is 112 Å². The zero-order chi connectivity index (χ0) is 105. The molecule has 6 saturated heterocycles. The molecule has 0 spiro atoms. The predicted octanol–water partition coefficient (Wildman–Crippen LogP) is 7.62. The molecule has 776 valence electrons. The molecule has 2 aliphatic carbocycles. The van der Waals surface area contributed by atoms with Crippen LogP contribution in [0.15, 0.2) is 97.6 Å². The Bertz CT molecular complexity index is 6280. The topological polar surface area (TPSA) is 604 Å². The number of aliphatic hydroxyl groups excluding tert-OH is 3. The van der Waals surface area contributed by atoms with E-state index in [9.17, 15) is 79.5 Å². The number of methoxy groups -OCH3 is 4. The van der Waals surface area contributed by atoms with Crippen molar-refractivity contribution in [1.82, 2.24) is 45.5 Å². The molecule has 0 bridgehead atoms. The summed E-state index contributed by atoms with van der Waals surface area (Å²) in [5.41, 5.74) is 6.27. The molecule has 1 amide bonds. The number of carbonyl (C=O) groups is 3.